The number of carbonyl (C=O) groups is 1. The van der Waals surface area contributed by atoms with Crippen molar-refractivity contribution in [3.63, 3.8) is 0 Å². The lowest BCUT2D eigenvalue weighted by atomic mass is 10.1. The lowest BCUT2D eigenvalue weighted by molar-refractivity contribution is 0.130. The molecule has 2 heterocycles. The lowest BCUT2D eigenvalue weighted by Crippen LogP contribution is -2.51. The zero-order valence-electron chi connectivity index (χ0n) is 17.1. The highest BCUT2D eigenvalue weighted by Gasteiger charge is 2.22. The lowest BCUT2D eigenvalue weighted by Gasteiger charge is -2.34. The minimum Gasteiger partial charge on any atom is -0.494 e. The molecule has 0 bridgehead atoms. The molecule has 2 aromatic carbocycles. The number of urea groups is 1. The predicted octanol–water partition coefficient (Wildman–Crippen LogP) is 2.68. The third kappa shape index (κ3) is 5.07. The van der Waals surface area contributed by atoms with Crippen LogP contribution in [0.2, 0.25) is 0 Å². The molecule has 0 atom stereocenters. The van der Waals surface area contributed by atoms with Crippen LogP contribution in [-0.4, -0.2) is 62.1 Å². The zero-order valence-corrected chi connectivity index (χ0v) is 17.1. The molecule has 4 rings (SSSR count). The molecule has 8 heteroatoms. The molecule has 1 saturated heterocycles. The van der Waals surface area contributed by atoms with Gasteiger partial charge in [0, 0.05) is 32.7 Å². The van der Waals surface area contributed by atoms with Crippen LogP contribution >= 0.6 is 0 Å². The Morgan fingerprint density at radius 1 is 0.967 bits per heavy atom. The Morgan fingerprint density at radius 3 is 2.40 bits per heavy atom. The van der Waals surface area contributed by atoms with E-state index < -0.39 is 0 Å². The van der Waals surface area contributed by atoms with Crippen molar-refractivity contribution in [1.29, 1.82) is 0 Å². The molecular formula is C22H27N3O5. The summed E-state index contributed by atoms with van der Waals surface area (Å²) in [5.41, 5.74) is 1.18. The van der Waals surface area contributed by atoms with Gasteiger partial charge in [-0.2, -0.15) is 0 Å². The number of nitrogens with zero attached hydrogens (tertiary/aromatic N) is 2. The molecule has 0 saturated carbocycles. The maximum absolute atomic E-state index is 12.4. The highest BCUT2D eigenvalue weighted by Crippen LogP contribution is 2.32. The SMILES string of the molecule is CCOc1ccc(OCNC(=O)N2CCN(Cc3ccc4c(c3)OCO4)CC2)cc1. The van der Waals surface area contributed by atoms with E-state index in [9.17, 15) is 4.79 Å². The van der Waals surface area contributed by atoms with Crippen LogP contribution in [0.25, 0.3) is 0 Å². The van der Waals surface area contributed by atoms with Gasteiger partial charge in [0.05, 0.1) is 6.61 Å². The van der Waals surface area contributed by atoms with E-state index in [0.29, 0.717) is 25.4 Å². The number of amides is 2. The van der Waals surface area contributed by atoms with Gasteiger partial charge in [0.2, 0.25) is 6.79 Å². The first kappa shape index (κ1) is 20.2. The van der Waals surface area contributed by atoms with Crippen LogP contribution in [0.1, 0.15) is 12.5 Å². The number of hydrogen-bond acceptors (Lipinski definition) is 6. The van der Waals surface area contributed by atoms with Crippen molar-refractivity contribution in [2.45, 2.75) is 13.5 Å². The molecular weight excluding hydrogens is 386 g/mol. The average Bonchev–Trinajstić information content (AvgIpc) is 3.23. The van der Waals surface area contributed by atoms with E-state index in [1.165, 1.54) is 5.56 Å². The highest BCUT2D eigenvalue weighted by atomic mass is 16.7. The minimum atomic E-state index is -0.108. The van der Waals surface area contributed by atoms with Crippen LogP contribution in [0.5, 0.6) is 23.0 Å². The van der Waals surface area contributed by atoms with E-state index in [-0.39, 0.29) is 19.6 Å². The van der Waals surface area contributed by atoms with Gasteiger partial charge in [-0.25, -0.2) is 4.79 Å². The van der Waals surface area contributed by atoms with Gasteiger partial charge in [0.15, 0.2) is 18.2 Å². The monoisotopic (exact) mass is 413 g/mol. The molecule has 160 valence electrons. The van der Waals surface area contributed by atoms with Gasteiger partial charge >= 0.3 is 6.03 Å². The first-order valence-corrected chi connectivity index (χ1v) is 10.2. The number of rotatable bonds is 7. The summed E-state index contributed by atoms with van der Waals surface area (Å²) in [4.78, 5) is 16.5. The summed E-state index contributed by atoms with van der Waals surface area (Å²) in [5.74, 6) is 3.09. The Kier molecular flexibility index (Phi) is 6.44. The van der Waals surface area contributed by atoms with Crippen LogP contribution in [0, 0.1) is 0 Å². The molecule has 30 heavy (non-hydrogen) atoms. The fourth-order valence-electron chi connectivity index (χ4n) is 3.50. The second-order valence-electron chi connectivity index (χ2n) is 7.13. The van der Waals surface area contributed by atoms with Gasteiger partial charge in [-0.3, -0.25) is 4.90 Å². The molecule has 0 aliphatic carbocycles. The fraction of sp³-hybridized carbons (Fsp3) is 0.409. The largest absolute Gasteiger partial charge is 0.494 e. The van der Waals surface area contributed by atoms with Crippen molar-refractivity contribution in [2.24, 2.45) is 0 Å². The molecule has 2 amide bonds. The summed E-state index contributed by atoms with van der Waals surface area (Å²) < 4.78 is 21.8. The third-order valence-corrected chi connectivity index (χ3v) is 5.10. The van der Waals surface area contributed by atoms with Crippen molar-refractivity contribution in [2.75, 3.05) is 46.3 Å². The van der Waals surface area contributed by atoms with Crippen molar-refractivity contribution in [3.8, 4) is 23.0 Å². The van der Waals surface area contributed by atoms with Crippen LogP contribution in [0.3, 0.4) is 0 Å². The van der Waals surface area contributed by atoms with Gasteiger partial charge in [-0.1, -0.05) is 6.07 Å². The molecule has 2 aliphatic rings. The van der Waals surface area contributed by atoms with Crippen LogP contribution in [-0.2, 0) is 6.54 Å². The van der Waals surface area contributed by atoms with E-state index in [2.05, 4.69) is 16.3 Å². The number of hydrogen-bond donors (Lipinski definition) is 1. The molecule has 0 radical (unpaired) electrons. The van der Waals surface area contributed by atoms with E-state index in [0.717, 1.165) is 36.9 Å². The van der Waals surface area contributed by atoms with Crippen LogP contribution < -0.4 is 24.3 Å². The first-order valence-electron chi connectivity index (χ1n) is 10.2. The summed E-state index contributed by atoms with van der Waals surface area (Å²) in [6, 6.07) is 13.3. The average molecular weight is 413 g/mol. The second kappa shape index (κ2) is 9.58. The number of fused-ring (bicyclic) bond motifs is 1. The normalized spacial score (nSPS) is 15.7. The maximum atomic E-state index is 12.4. The van der Waals surface area contributed by atoms with E-state index in [4.69, 9.17) is 18.9 Å². The van der Waals surface area contributed by atoms with Gasteiger partial charge in [0.25, 0.3) is 0 Å². The Bertz CT molecular complexity index is 850. The number of ether oxygens (including phenoxy) is 4. The summed E-state index contributed by atoms with van der Waals surface area (Å²) in [5, 5.41) is 2.82. The highest BCUT2D eigenvalue weighted by molar-refractivity contribution is 5.74. The fourth-order valence-corrected chi connectivity index (χ4v) is 3.50. The summed E-state index contributed by atoms with van der Waals surface area (Å²) in [6.45, 7) is 6.81. The third-order valence-electron chi connectivity index (χ3n) is 5.10. The number of carbonyl (C=O) groups excluding carboxylic acids is 1. The zero-order chi connectivity index (χ0) is 20.8. The number of nitrogens with one attached hydrogen (secondary N) is 1. The Balaban J connectivity index is 1.17. The molecule has 2 aliphatic heterocycles. The minimum absolute atomic E-state index is 0.108. The van der Waals surface area contributed by atoms with Gasteiger partial charge in [0.1, 0.15) is 11.5 Å². The molecule has 0 spiro atoms. The van der Waals surface area contributed by atoms with E-state index in [1.807, 2.05) is 48.2 Å². The van der Waals surface area contributed by atoms with Crippen molar-refractivity contribution in [1.82, 2.24) is 15.1 Å². The second-order valence-corrected chi connectivity index (χ2v) is 7.13. The Morgan fingerprint density at radius 2 is 1.67 bits per heavy atom. The van der Waals surface area contributed by atoms with E-state index >= 15 is 0 Å². The predicted molar refractivity (Wildman–Crippen MR) is 111 cm³/mol. The number of piperazine rings is 1. The standard InChI is InChI=1S/C22H27N3O5/c1-2-27-18-4-6-19(7-5-18)28-15-23-22(26)25-11-9-24(10-12-25)14-17-3-8-20-21(13-17)30-16-29-20/h3-8,13H,2,9-12,14-16H2,1H3,(H,23,26). The van der Waals surface area contributed by atoms with Crippen molar-refractivity contribution >= 4 is 6.03 Å². The van der Waals surface area contributed by atoms with E-state index in [1.54, 1.807) is 0 Å². The van der Waals surface area contributed by atoms with Crippen molar-refractivity contribution < 1.29 is 23.7 Å². The molecule has 1 N–H and O–H groups in total. The molecule has 0 aromatic heterocycles. The Labute approximate surface area is 176 Å². The molecule has 0 unspecified atom stereocenters. The topological polar surface area (TPSA) is 72.5 Å². The molecule has 8 nitrogen and oxygen atoms in total. The van der Waals surface area contributed by atoms with Crippen LogP contribution in [0.15, 0.2) is 42.5 Å². The smallest absolute Gasteiger partial charge is 0.320 e. The summed E-state index contributed by atoms with van der Waals surface area (Å²) in [7, 11) is 0. The molecule has 2 aromatic rings. The Hall–Kier alpha value is -3.13. The maximum Gasteiger partial charge on any atom is 0.320 e. The van der Waals surface area contributed by atoms with Gasteiger partial charge < -0.3 is 29.2 Å². The van der Waals surface area contributed by atoms with Crippen LogP contribution in [0.4, 0.5) is 4.79 Å². The van der Waals surface area contributed by atoms with Crippen molar-refractivity contribution in [3.05, 3.63) is 48.0 Å². The van der Waals surface area contributed by atoms with Gasteiger partial charge in [-0.05, 0) is 48.9 Å². The summed E-state index contributed by atoms with van der Waals surface area (Å²) in [6.07, 6.45) is 0. The number of benzene rings is 2. The quantitative estimate of drug-likeness (QED) is 0.704. The first-order chi connectivity index (χ1) is 14.7. The summed E-state index contributed by atoms with van der Waals surface area (Å²) >= 11 is 0. The van der Waals surface area contributed by atoms with Gasteiger partial charge in [-0.15, -0.1) is 0 Å². The molecule has 1 fully saturated rings.